The molecule has 2 N–H and O–H groups in total. The summed E-state index contributed by atoms with van der Waals surface area (Å²) in [5, 5.41) is 19.2. The quantitative estimate of drug-likeness (QED) is 0.632. The summed E-state index contributed by atoms with van der Waals surface area (Å²) in [6.45, 7) is 2.09. The van der Waals surface area contributed by atoms with E-state index in [4.69, 9.17) is 0 Å². The van der Waals surface area contributed by atoms with Crippen LogP contribution in [0.4, 0.5) is 0 Å². The molecule has 0 spiro atoms. The van der Waals surface area contributed by atoms with Crippen LogP contribution in [-0.4, -0.2) is 13.1 Å². The predicted octanol–water partition coefficient (Wildman–Crippen LogP) is 1.95. The van der Waals surface area contributed by atoms with Gasteiger partial charge in [-0.05, 0) is 44.8 Å². The third kappa shape index (κ3) is 2.90. The van der Waals surface area contributed by atoms with Gasteiger partial charge < -0.3 is 15.8 Å². The Morgan fingerprint density at radius 1 is 0.947 bits per heavy atom. The lowest BCUT2D eigenvalue weighted by Gasteiger charge is -2.25. The van der Waals surface area contributed by atoms with Crippen LogP contribution in [0.15, 0.2) is 18.3 Å². The van der Waals surface area contributed by atoms with Crippen molar-refractivity contribution in [3.05, 3.63) is 34.8 Å². The van der Waals surface area contributed by atoms with Crippen molar-refractivity contribution in [1.82, 2.24) is 10.6 Å². The second-order valence-corrected chi connectivity index (χ2v) is 5.72. The number of hydrogen-bond donors (Lipinski definition) is 2. The summed E-state index contributed by atoms with van der Waals surface area (Å²) in [5.74, 6) is 0. The third-order valence-corrected chi connectivity index (χ3v) is 4.35. The Kier molecular flexibility index (Phi) is 3.99. The van der Waals surface area contributed by atoms with Gasteiger partial charge in [0.05, 0.1) is 6.04 Å². The molecule has 2 aliphatic heterocycles. The summed E-state index contributed by atoms with van der Waals surface area (Å²) in [4.78, 5) is 0. The summed E-state index contributed by atoms with van der Waals surface area (Å²) in [6.07, 6.45) is 8.92. The summed E-state index contributed by atoms with van der Waals surface area (Å²) in [5.41, 5.74) is 2.01. The molecular formula is C15H23N3O. The van der Waals surface area contributed by atoms with E-state index in [-0.39, 0.29) is 6.04 Å². The van der Waals surface area contributed by atoms with Gasteiger partial charge in [-0.3, -0.25) is 0 Å². The van der Waals surface area contributed by atoms with Gasteiger partial charge >= 0.3 is 0 Å². The molecular weight excluding hydrogens is 238 g/mol. The van der Waals surface area contributed by atoms with E-state index in [2.05, 4.69) is 16.7 Å². The van der Waals surface area contributed by atoms with E-state index in [1.54, 1.807) is 6.20 Å². The van der Waals surface area contributed by atoms with Crippen molar-refractivity contribution >= 4 is 0 Å². The molecule has 3 heterocycles. The zero-order valence-electron chi connectivity index (χ0n) is 11.4. The van der Waals surface area contributed by atoms with Crippen LogP contribution in [0.2, 0.25) is 0 Å². The van der Waals surface area contributed by atoms with E-state index in [0.717, 1.165) is 41.9 Å². The maximum absolute atomic E-state index is 12.2. The zero-order valence-corrected chi connectivity index (χ0v) is 11.4. The number of nitrogens with zero attached hydrogens (tertiary/aromatic N) is 1. The Balaban J connectivity index is 1.76. The number of pyridine rings is 1. The van der Waals surface area contributed by atoms with Gasteiger partial charge in [0.15, 0.2) is 6.20 Å². The maximum atomic E-state index is 12.2. The van der Waals surface area contributed by atoms with Gasteiger partial charge in [-0.2, -0.15) is 4.73 Å². The first-order valence-electron chi connectivity index (χ1n) is 7.54. The first-order valence-corrected chi connectivity index (χ1v) is 7.54. The van der Waals surface area contributed by atoms with Gasteiger partial charge in [0.25, 0.3) is 0 Å². The fourth-order valence-electron chi connectivity index (χ4n) is 3.22. The Bertz CT molecular complexity index is 423. The lowest BCUT2D eigenvalue weighted by atomic mass is 9.97. The molecule has 0 radical (unpaired) electrons. The highest BCUT2D eigenvalue weighted by Crippen LogP contribution is 2.24. The van der Waals surface area contributed by atoms with Crippen molar-refractivity contribution in [2.75, 3.05) is 13.1 Å². The smallest absolute Gasteiger partial charge is 0.209 e. The molecule has 1 aromatic rings. The number of nitrogens with one attached hydrogen (secondary N) is 2. The van der Waals surface area contributed by atoms with E-state index in [1.807, 2.05) is 6.07 Å². The average Bonchev–Trinajstić information content (AvgIpc) is 2.49. The zero-order chi connectivity index (χ0) is 13.1. The molecule has 2 atom stereocenters. The molecule has 104 valence electrons. The molecule has 0 amide bonds. The van der Waals surface area contributed by atoms with Gasteiger partial charge in [0.2, 0.25) is 5.69 Å². The van der Waals surface area contributed by atoms with Gasteiger partial charge in [-0.15, -0.1) is 0 Å². The predicted molar refractivity (Wildman–Crippen MR) is 74.6 cm³/mol. The second-order valence-electron chi connectivity index (χ2n) is 5.72. The van der Waals surface area contributed by atoms with E-state index < -0.39 is 0 Å². The van der Waals surface area contributed by atoms with Gasteiger partial charge in [0, 0.05) is 17.7 Å². The minimum absolute atomic E-state index is 0.236. The summed E-state index contributed by atoms with van der Waals surface area (Å²) in [7, 11) is 0. The van der Waals surface area contributed by atoms with Crippen molar-refractivity contribution in [3.8, 4) is 0 Å². The molecule has 0 aromatic carbocycles. The highest BCUT2D eigenvalue weighted by Gasteiger charge is 2.23. The maximum Gasteiger partial charge on any atom is 0.209 e. The first-order chi connectivity index (χ1) is 9.34. The van der Waals surface area contributed by atoms with Crippen molar-refractivity contribution in [3.63, 3.8) is 0 Å². The highest BCUT2D eigenvalue weighted by atomic mass is 16.5. The number of piperidine rings is 2. The molecule has 2 saturated heterocycles. The minimum Gasteiger partial charge on any atom is -0.618 e. The van der Waals surface area contributed by atoms with E-state index in [0.29, 0.717) is 6.04 Å². The van der Waals surface area contributed by atoms with Gasteiger partial charge in [-0.1, -0.05) is 12.8 Å². The molecule has 3 rings (SSSR count). The number of hydrogen-bond acceptors (Lipinski definition) is 3. The molecule has 4 nitrogen and oxygen atoms in total. The van der Waals surface area contributed by atoms with Crippen molar-refractivity contribution in [2.45, 2.75) is 50.6 Å². The Hall–Kier alpha value is -1.13. The molecule has 0 bridgehead atoms. The van der Waals surface area contributed by atoms with E-state index in [1.165, 1.54) is 25.7 Å². The van der Waals surface area contributed by atoms with Crippen LogP contribution in [0.1, 0.15) is 61.9 Å². The van der Waals surface area contributed by atoms with Crippen molar-refractivity contribution < 1.29 is 4.73 Å². The minimum atomic E-state index is 0.236. The molecule has 1 aromatic heterocycles. The fourth-order valence-corrected chi connectivity index (χ4v) is 3.22. The van der Waals surface area contributed by atoms with Crippen molar-refractivity contribution in [1.29, 1.82) is 0 Å². The van der Waals surface area contributed by atoms with Crippen LogP contribution >= 0.6 is 0 Å². The van der Waals surface area contributed by atoms with Crippen LogP contribution < -0.4 is 15.4 Å². The number of rotatable bonds is 2. The van der Waals surface area contributed by atoms with Crippen LogP contribution in [0.5, 0.6) is 0 Å². The molecule has 19 heavy (non-hydrogen) atoms. The normalized spacial score (nSPS) is 28.2. The highest BCUT2D eigenvalue weighted by molar-refractivity contribution is 5.16. The van der Waals surface area contributed by atoms with E-state index in [9.17, 15) is 5.21 Å². The van der Waals surface area contributed by atoms with Crippen molar-refractivity contribution in [2.24, 2.45) is 0 Å². The van der Waals surface area contributed by atoms with E-state index >= 15 is 0 Å². The van der Waals surface area contributed by atoms with Crippen LogP contribution in [-0.2, 0) is 0 Å². The third-order valence-electron chi connectivity index (χ3n) is 4.35. The Morgan fingerprint density at radius 3 is 2.21 bits per heavy atom. The Labute approximate surface area is 114 Å². The number of aromatic nitrogens is 1. The standard InChI is InChI=1S/C15H23N3O/c19-18-11-12(13-5-1-3-9-16-13)7-8-15(18)14-6-2-4-10-17-14/h7-8,11,13-14,16-17H,1-6,9-10H2. The molecule has 2 fully saturated rings. The molecule has 2 aliphatic rings. The van der Waals surface area contributed by atoms with Crippen LogP contribution in [0.3, 0.4) is 0 Å². The summed E-state index contributed by atoms with van der Waals surface area (Å²) >= 11 is 0. The molecule has 0 aliphatic carbocycles. The largest absolute Gasteiger partial charge is 0.618 e. The van der Waals surface area contributed by atoms with Crippen LogP contribution in [0, 0.1) is 5.21 Å². The lowest BCUT2D eigenvalue weighted by molar-refractivity contribution is -0.616. The van der Waals surface area contributed by atoms with Gasteiger partial charge in [-0.25, -0.2) is 0 Å². The fraction of sp³-hybridized carbons (Fsp3) is 0.667. The summed E-state index contributed by atoms with van der Waals surface area (Å²) < 4.78 is 1.08. The first kappa shape index (κ1) is 12.9. The van der Waals surface area contributed by atoms with Gasteiger partial charge in [0.1, 0.15) is 0 Å². The SMILES string of the molecule is [O-][n+]1cc(C2CCCCN2)ccc1C1CCCCN1. The second kappa shape index (κ2) is 5.88. The monoisotopic (exact) mass is 261 g/mol. The topological polar surface area (TPSA) is 51.0 Å². The lowest BCUT2D eigenvalue weighted by Crippen LogP contribution is -2.40. The molecule has 0 saturated carbocycles. The summed E-state index contributed by atoms with van der Waals surface area (Å²) in [6, 6.07) is 4.74. The van der Waals surface area contributed by atoms with Crippen LogP contribution in [0.25, 0.3) is 0 Å². The average molecular weight is 261 g/mol. The molecule has 2 unspecified atom stereocenters. The Morgan fingerprint density at radius 2 is 1.63 bits per heavy atom. The molecule has 4 heteroatoms.